The number of esters is 2. The summed E-state index contributed by atoms with van der Waals surface area (Å²) < 4.78 is 4.50. The van der Waals surface area contributed by atoms with E-state index in [9.17, 15) is 9.59 Å². The fourth-order valence-corrected chi connectivity index (χ4v) is 2.11. The number of carbonyl (C=O) groups is 2. The summed E-state index contributed by atoms with van der Waals surface area (Å²) in [6.45, 7) is 1.90. The van der Waals surface area contributed by atoms with E-state index in [1.165, 1.54) is 12.8 Å². The van der Waals surface area contributed by atoms with E-state index in [0.717, 1.165) is 44.9 Å². The lowest BCUT2D eigenvalue weighted by molar-refractivity contribution is -0.158. The molecule has 0 aliphatic rings. The number of carbonyl (C=O) groups excluding carboxylic acids is 2. The highest BCUT2D eigenvalue weighted by Gasteiger charge is 2.07. The van der Waals surface area contributed by atoms with Gasteiger partial charge >= 0.3 is 11.9 Å². The van der Waals surface area contributed by atoms with E-state index in [4.69, 9.17) is 5.73 Å². The van der Waals surface area contributed by atoms with Crippen LogP contribution in [0.2, 0.25) is 0 Å². The normalized spacial score (nSPS) is 11.8. The molecule has 0 aromatic heterocycles. The van der Waals surface area contributed by atoms with Crippen LogP contribution in [0.15, 0.2) is 36.5 Å². The standard InChI is InChI=1S/C20H33NO3/c1-2-3-4-5-6-7-8-9-10-11-12-13-14-15-16-17-19(22)24-20(23)18-21/h3-4,6-7,9-10H,2,5,8,11-18,21H2,1H3/b4-3-,7-6-,10-9-. The minimum absolute atomic E-state index is 0.245. The maximum atomic E-state index is 11.2. The first-order valence-corrected chi connectivity index (χ1v) is 9.09. The molecule has 0 amide bonds. The molecule has 0 rings (SSSR count). The molecule has 0 unspecified atom stereocenters. The summed E-state index contributed by atoms with van der Waals surface area (Å²) >= 11 is 0. The third kappa shape index (κ3) is 16.7. The van der Waals surface area contributed by atoms with Gasteiger partial charge in [0.2, 0.25) is 0 Å². The first kappa shape index (κ1) is 22.3. The largest absolute Gasteiger partial charge is 0.392 e. The molecule has 4 heteroatoms. The van der Waals surface area contributed by atoms with Crippen LogP contribution in [0.25, 0.3) is 0 Å². The molecular formula is C20H33NO3. The van der Waals surface area contributed by atoms with Crippen LogP contribution in [-0.2, 0) is 14.3 Å². The van der Waals surface area contributed by atoms with Crippen LogP contribution >= 0.6 is 0 Å². The monoisotopic (exact) mass is 335 g/mol. The summed E-state index contributed by atoms with van der Waals surface area (Å²) in [6.07, 6.45) is 23.0. The molecule has 2 N–H and O–H groups in total. The number of unbranched alkanes of at least 4 members (excludes halogenated alkanes) is 5. The molecule has 0 saturated carbocycles. The second-order valence-electron chi connectivity index (χ2n) is 5.65. The quantitative estimate of drug-likeness (QED) is 0.218. The van der Waals surface area contributed by atoms with Crippen molar-refractivity contribution in [2.75, 3.05) is 6.54 Å². The van der Waals surface area contributed by atoms with Crippen LogP contribution in [0.3, 0.4) is 0 Å². The van der Waals surface area contributed by atoms with Crippen molar-refractivity contribution >= 4 is 11.9 Å². The van der Waals surface area contributed by atoms with Gasteiger partial charge < -0.3 is 10.5 Å². The highest BCUT2D eigenvalue weighted by molar-refractivity contribution is 5.86. The topological polar surface area (TPSA) is 69.4 Å². The number of hydrogen-bond acceptors (Lipinski definition) is 4. The van der Waals surface area contributed by atoms with Crippen molar-refractivity contribution in [2.24, 2.45) is 5.73 Å². The van der Waals surface area contributed by atoms with Gasteiger partial charge in [-0.3, -0.25) is 9.59 Å². The Labute approximate surface area is 146 Å². The molecule has 0 saturated heterocycles. The van der Waals surface area contributed by atoms with Gasteiger partial charge in [0.25, 0.3) is 0 Å². The van der Waals surface area contributed by atoms with E-state index >= 15 is 0 Å². The molecule has 0 aliphatic carbocycles. The van der Waals surface area contributed by atoms with Gasteiger partial charge in [-0.25, -0.2) is 0 Å². The highest BCUT2D eigenvalue weighted by atomic mass is 16.6. The second kappa shape index (κ2) is 17.7. The molecule has 0 spiro atoms. The molecule has 0 radical (unpaired) electrons. The van der Waals surface area contributed by atoms with Crippen LogP contribution in [0.4, 0.5) is 0 Å². The van der Waals surface area contributed by atoms with Crippen molar-refractivity contribution in [1.82, 2.24) is 0 Å². The molecular weight excluding hydrogens is 302 g/mol. The SMILES string of the molecule is CC/C=C\C/C=C\C/C=C\CCCCCCCC(=O)OC(=O)CN. The zero-order valence-electron chi connectivity index (χ0n) is 15.0. The number of hydrogen-bond donors (Lipinski definition) is 1. The lowest BCUT2D eigenvalue weighted by atomic mass is 10.1. The summed E-state index contributed by atoms with van der Waals surface area (Å²) in [7, 11) is 0. The van der Waals surface area contributed by atoms with Gasteiger partial charge in [0, 0.05) is 6.42 Å². The van der Waals surface area contributed by atoms with Gasteiger partial charge in [-0.2, -0.15) is 0 Å². The fraction of sp³-hybridized carbons (Fsp3) is 0.600. The van der Waals surface area contributed by atoms with Crippen LogP contribution in [0.5, 0.6) is 0 Å². The number of rotatable bonds is 14. The van der Waals surface area contributed by atoms with Crippen LogP contribution in [0.1, 0.15) is 71.1 Å². The van der Waals surface area contributed by atoms with Gasteiger partial charge in [0.05, 0.1) is 6.54 Å². The molecule has 0 aliphatic heterocycles. The average molecular weight is 335 g/mol. The predicted molar refractivity (Wildman–Crippen MR) is 99.4 cm³/mol. The van der Waals surface area contributed by atoms with E-state index in [1.54, 1.807) is 0 Å². The minimum Gasteiger partial charge on any atom is -0.392 e. The van der Waals surface area contributed by atoms with Gasteiger partial charge in [-0.1, -0.05) is 62.6 Å². The fourth-order valence-electron chi connectivity index (χ4n) is 2.11. The molecule has 0 bridgehead atoms. The smallest absolute Gasteiger partial charge is 0.327 e. The van der Waals surface area contributed by atoms with Crippen LogP contribution in [0, 0.1) is 0 Å². The first-order chi connectivity index (χ1) is 11.7. The first-order valence-electron chi connectivity index (χ1n) is 9.09. The lowest BCUT2D eigenvalue weighted by Gasteiger charge is -2.01. The summed E-state index contributed by atoms with van der Waals surface area (Å²) in [4.78, 5) is 22.0. The van der Waals surface area contributed by atoms with Crippen molar-refractivity contribution in [2.45, 2.75) is 71.1 Å². The van der Waals surface area contributed by atoms with Crippen molar-refractivity contribution in [1.29, 1.82) is 0 Å². The Morgan fingerprint density at radius 2 is 1.38 bits per heavy atom. The van der Waals surface area contributed by atoms with Crippen LogP contribution in [-0.4, -0.2) is 18.5 Å². The van der Waals surface area contributed by atoms with Gasteiger partial charge in [-0.15, -0.1) is 0 Å². The second-order valence-corrected chi connectivity index (χ2v) is 5.65. The number of nitrogens with two attached hydrogens (primary N) is 1. The molecule has 0 fully saturated rings. The Kier molecular flexibility index (Phi) is 16.4. The zero-order valence-corrected chi connectivity index (χ0v) is 15.0. The van der Waals surface area contributed by atoms with E-state index < -0.39 is 11.9 Å². The summed E-state index contributed by atoms with van der Waals surface area (Å²) in [5.74, 6) is -1.12. The molecule has 0 atom stereocenters. The molecule has 24 heavy (non-hydrogen) atoms. The van der Waals surface area contributed by atoms with Gasteiger partial charge in [0.15, 0.2) is 0 Å². The van der Waals surface area contributed by atoms with Crippen molar-refractivity contribution < 1.29 is 14.3 Å². The average Bonchev–Trinajstić information content (AvgIpc) is 2.58. The van der Waals surface area contributed by atoms with Crippen LogP contribution < -0.4 is 5.73 Å². The zero-order chi connectivity index (χ0) is 17.9. The Hall–Kier alpha value is -1.68. The Morgan fingerprint density at radius 1 is 0.792 bits per heavy atom. The summed E-state index contributed by atoms with van der Waals surface area (Å²) in [5.41, 5.74) is 5.07. The summed E-state index contributed by atoms with van der Waals surface area (Å²) in [5, 5.41) is 0. The number of ether oxygens (including phenoxy) is 1. The number of allylic oxidation sites excluding steroid dienone is 6. The van der Waals surface area contributed by atoms with Gasteiger partial charge in [-0.05, 0) is 38.5 Å². The molecule has 0 aromatic carbocycles. The Balaban J connectivity index is 3.36. The van der Waals surface area contributed by atoms with E-state index in [2.05, 4.69) is 48.1 Å². The van der Waals surface area contributed by atoms with E-state index in [0.29, 0.717) is 6.42 Å². The Morgan fingerprint density at radius 3 is 2.04 bits per heavy atom. The third-order valence-corrected chi connectivity index (χ3v) is 3.43. The minimum atomic E-state index is -0.654. The predicted octanol–water partition coefficient (Wildman–Crippen LogP) is 4.60. The van der Waals surface area contributed by atoms with Crippen molar-refractivity contribution in [3.63, 3.8) is 0 Å². The maximum Gasteiger partial charge on any atom is 0.327 e. The third-order valence-electron chi connectivity index (χ3n) is 3.43. The molecule has 4 nitrogen and oxygen atoms in total. The van der Waals surface area contributed by atoms with Crippen molar-refractivity contribution in [3.8, 4) is 0 Å². The molecule has 0 heterocycles. The molecule has 0 aromatic rings. The van der Waals surface area contributed by atoms with Crippen molar-refractivity contribution in [3.05, 3.63) is 36.5 Å². The van der Waals surface area contributed by atoms with E-state index in [-0.39, 0.29) is 6.54 Å². The van der Waals surface area contributed by atoms with Gasteiger partial charge in [0.1, 0.15) is 0 Å². The highest BCUT2D eigenvalue weighted by Crippen LogP contribution is 2.08. The van der Waals surface area contributed by atoms with E-state index in [1.807, 2.05) is 0 Å². The molecule has 136 valence electrons. The lowest BCUT2D eigenvalue weighted by Crippen LogP contribution is -2.20. The summed E-state index contributed by atoms with van der Waals surface area (Å²) in [6, 6.07) is 0. The Bertz CT molecular complexity index is 411. The maximum absolute atomic E-state index is 11.2.